The molecule has 1 aromatic heterocycles. The van der Waals surface area contributed by atoms with Crippen molar-refractivity contribution in [2.24, 2.45) is 5.92 Å². The number of nitrogens with one attached hydrogen (secondary N) is 1. The van der Waals surface area contributed by atoms with Gasteiger partial charge in [-0.3, -0.25) is 4.68 Å². The molecular weight excluding hydrogens is 214 g/mol. The van der Waals surface area contributed by atoms with Crippen LogP contribution in [0, 0.1) is 5.92 Å². The van der Waals surface area contributed by atoms with Gasteiger partial charge in [0.2, 0.25) is 0 Å². The fraction of sp³-hybridized carbons (Fsp3) is 0.769. The van der Waals surface area contributed by atoms with Crippen molar-refractivity contribution in [1.82, 2.24) is 15.1 Å². The van der Waals surface area contributed by atoms with Gasteiger partial charge in [0, 0.05) is 31.6 Å². The molecule has 2 atom stereocenters. The van der Waals surface area contributed by atoms with Crippen molar-refractivity contribution in [3.05, 3.63) is 18.5 Å². The van der Waals surface area contributed by atoms with Gasteiger partial charge < -0.3 is 10.1 Å². The van der Waals surface area contributed by atoms with Gasteiger partial charge in [0.1, 0.15) is 0 Å². The molecule has 0 spiro atoms. The Kier molecular flexibility index (Phi) is 5.01. The molecule has 4 nitrogen and oxygen atoms in total. The maximum Gasteiger partial charge on any atom is 0.0509 e. The molecule has 4 heteroatoms. The number of aryl methyl sites for hydroxylation is 1. The standard InChI is InChI=1S/C13H23N3O/c1-12(13-5-2-10-17-11-13)14-6-3-8-16-9-4-7-15-16/h4,7,9,12-14H,2-3,5-6,8,10-11H2,1H3. The van der Waals surface area contributed by atoms with Crippen LogP contribution in [0.3, 0.4) is 0 Å². The zero-order valence-electron chi connectivity index (χ0n) is 10.6. The first-order valence-corrected chi connectivity index (χ1v) is 6.65. The Labute approximate surface area is 103 Å². The van der Waals surface area contributed by atoms with Crippen LogP contribution >= 0.6 is 0 Å². The third kappa shape index (κ3) is 4.13. The summed E-state index contributed by atoms with van der Waals surface area (Å²) in [5.41, 5.74) is 0. The third-order valence-electron chi connectivity index (χ3n) is 3.49. The van der Waals surface area contributed by atoms with Crippen molar-refractivity contribution in [3.63, 3.8) is 0 Å². The van der Waals surface area contributed by atoms with Crippen molar-refractivity contribution in [3.8, 4) is 0 Å². The van der Waals surface area contributed by atoms with Crippen LogP contribution in [0.2, 0.25) is 0 Å². The van der Waals surface area contributed by atoms with Gasteiger partial charge in [-0.2, -0.15) is 5.10 Å². The largest absolute Gasteiger partial charge is 0.381 e. The van der Waals surface area contributed by atoms with Crippen molar-refractivity contribution >= 4 is 0 Å². The van der Waals surface area contributed by atoms with Crippen LogP contribution in [0.25, 0.3) is 0 Å². The minimum Gasteiger partial charge on any atom is -0.381 e. The Morgan fingerprint density at radius 2 is 2.53 bits per heavy atom. The Bertz CT molecular complexity index is 294. The number of hydrogen-bond acceptors (Lipinski definition) is 3. The van der Waals surface area contributed by atoms with E-state index in [1.54, 1.807) is 0 Å². The quantitative estimate of drug-likeness (QED) is 0.765. The topological polar surface area (TPSA) is 39.1 Å². The summed E-state index contributed by atoms with van der Waals surface area (Å²) in [7, 11) is 0. The fourth-order valence-corrected chi connectivity index (χ4v) is 2.33. The monoisotopic (exact) mass is 237 g/mol. The van der Waals surface area contributed by atoms with Gasteiger partial charge in [-0.25, -0.2) is 0 Å². The summed E-state index contributed by atoms with van der Waals surface area (Å²) in [5.74, 6) is 0.688. The normalized spacial score (nSPS) is 22.5. The van der Waals surface area contributed by atoms with Gasteiger partial charge in [0.05, 0.1) is 6.61 Å². The lowest BCUT2D eigenvalue weighted by Gasteiger charge is -2.28. The molecule has 1 N–H and O–H groups in total. The van der Waals surface area contributed by atoms with E-state index < -0.39 is 0 Å². The summed E-state index contributed by atoms with van der Waals surface area (Å²) < 4.78 is 7.50. The zero-order valence-corrected chi connectivity index (χ0v) is 10.6. The molecule has 1 saturated heterocycles. The predicted molar refractivity (Wildman–Crippen MR) is 67.9 cm³/mol. The Morgan fingerprint density at radius 1 is 1.59 bits per heavy atom. The van der Waals surface area contributed by atoms with E-state index in [-0.39, 0.29) is 0 Å². The van der Waals surface area contributed by atoms with Crippen molar-refractivity contribution in [2.75, 3.05) is 19.8 Å². The summed E-state index contributed by atoms with van der Waals surface area (Å²) in [4.78, 5) is 0. The molecule has 0 amide bonds. The molecule has 0 saturated carbocycles. The first-order chi connectivity index (χ1) is 8.36. The first-order valence-electron chi connectivity index (χ1n) is 6.65. The highest BCUT2D eigenvalue weighted by atomic mass is 16.5. The lowest BCUT2D eigenvalue weighted by molar-refractivity contribution is 0.0420. The predicted octanol–water partition coefficient (Wildman–Crippen LogP) is 1.68. The SMILES string of the molecule is CC(NCCCn1cccn1)C1CCCOC1. The van der Waals surface area contributed by atoms with Gasteiger partial charge in [0.25, 0.3) is 0 Å². The second-order valence-electron chi connectivity index (χ2n) is 4.84. The average molecular weight is 237 g/mol. The molecular formula is C13H23N3O. The van der Waals surface area contributed by atoms with E-state index in [4.69, 9.17) is 4.74 Å². The van der Waals surface area contributed by atoms with E-state index in [0.29, 0.717) is 12.0 Å². The van der Waals surface area contributed by atoms with Crippen LogP contribution in [-0.2, 0) is 11.3 Å². The summed E-state index contributed by atoms with van der Waals surface area (Å²) in [6.07, 6.45) is 7.48. The van der Waals surface area contributed by atoms with E-state index in [9.17, 15) is 0 Å². The van der Waals surface area contributed by atoms with Crippen molar-refractivity contribution in [1.29, 1.82) is 0 Å². The Morgan fingerprint density at radius 3 is 3.24 bits per heavy atom. The number of hydrogen-bond donors (Lipinski definition) is 1. The van der Waals surface area contributed by atoms with Crippen LogP contribution < -0.4 is 5.32 Å². The molecule has 0 radical (unpaired) electrons. The Balaban J connectivity index is 1.57. The number of ether oxygens (including phenoxy) is 1. The average Bonchev–Trinajstić information content (AvgIpc) is 2.88. The molecule has 0 aliphatic carbocycles. The molecule has 2 unspecified atom stereocenters. The molecule has 96 valence electrons. The summed E-state index contributed by atoms with van der Waals surface area (Å²) in [5, 5.41) is 7.79. The van der Waals surface area contributed by atoms with Crippen molar-refractivity contribution in [2.45, 2.75) is 38.8 Å². The molecule has 2 heterocycles. The molecule has 1 aliphatic rings. The van der Waals surface area contributed by atoms with E-state index in [0.717, 1.165) is 32.7 Å². The summed E-state index contributed by atoms with van der Waals surface area (Å²) in [6, 6.07) is 2.53. The zero-order chi connectivity index (χ0) is 11.9. The maximum absolute atomic E-state index is 5.51. The van der Waals surface area contributed by atoms with Gasteiger partial charge in [-0.05, 0) is 44.7 Å². The molecule has 1 aromatic rings. The second kappa shape index (κ2) is 6.77. The highest BCUT2D eigenvalue weighted by molar-refractivity contribution is 4.78. The van der Waals surface area contributed by atoms with Crippen LogP contribution in [0.15, 0.2) is 18.5 Å². The number of aromatic nitrogens is 2. The minimum atomic E-state index is 0.563. The number of rotatable bonds is 6. The fourth-order valence-electron chi connectivity index (χ4n) is 2.33. The van der Waals surface area contributed by atoms with E-state index in [2.05, 4.69) is 17.3 Å². The summed E-state index contributed by atoms with van der Waals surface area (Å²) >= 11 is 0. The Hall–Kier alpha value is -0.870. The molecule has 1 fully saturated rings. The van der Waals surface area contributed by atoms with Crippen LogP contribution in [0.4, 0.5) is 0 Å². The van der Waals surface area contributed by atoms with Gasteiger partial charge in [-0.1, -0.05) is 0 Å². The van der Waals surface area contributed by atoms with Crippen molar-refractivity contribution < 1.29 is 4.74 Å². The van der Waals surface area contributed by atoms with Crippen LogP contribution in [0.1, 0.15) is 26.2 Å². The lowest BCUT2D eigenvalue weighted by atomic mass is 9.95. The number of nitrogens with zero attached hydrogens (tertiary/aromatic N) is 2. The molecule has 0 aromatic carbocycles. The van der Waals surface area contributed by atoms with Gasteiger partial charge in [0.15, 0.2) is 0 Å². The van der Waals surface area contributed by atoms with E-state index in [1.165, 1.54) is 12.8 Å². The van der Waals surface area contributed by atoms with E-state index >= 15 is 0 Å². The smallest absolute Gasteiger partial charge is 0.0509 e. The molecule has 1 aliphatic heterocycles. The molecule has 2 rings (SSSR count). The lowest BCUT2D eigenvalue weighted by Crippen LogP contribution is -2.38. The third-order valence-corrected chi connectivity index (χ3v) is 3.49. The van der Waals surface area contributed by atoms with Crippen LogP contribution in [-0.4, -0.2) is 35.6 Å². The molecule has 17 heavy (non-hydrogen) atoms. The van der Waals surface area contributed by atoms with Gasteiger partial charge >= 0.3 is 0 Å². The molecule has 0 bridgehead atoms. The maximum atomic E-state index is 5.51. The first kappa shape index (κ1) is 12.6. The van der Waals surface area contributed by atoms with Crippen LogP contribution in [0.5, 0.6) is 0 Å². The highest BCUT2D eigenvalue weighted by Gasteiger charge is 2.19. The summed E-state index contributed by atoms with van der Waals surface area (Å²) in [6.45, 7) is 6.19. The minimum absolute atomic E-state index is 0.563. The second-order valence-corrected chi connectivity index (χ2v) is 4.84. The van der Waals surface area contributed by atoms with Gasteiger partial charge in [-0.15, -0.1) is 0 Å². The van der Waals surface area contributed by atoms with E-state index in [1.807, 2.05) is 23.1 Å². The highest BCUT2D eigenvalue weighted by Crippen LogP contribution is 2.16.